The van der Waals surface area contributed by atoms with E-state index >= 15 is 0 Å². The molecule has 0 aliphatic carbocycles. The summed E-state index contributed by atoms with van der Waals surface area (Å²) in [6, 6.07) is 0. The SMILES string of the molecule is CC1CC2(C)OC(C)(O)CC(C)(O2)P1C. The first-order chi connectivity index (χ1) is 6.66. The quantitative estimate of drug-likeness (QED) is 0.652. The van der Waals surface area contributed by atoms with E-state index in [1.54, 1.807) is 6.92 Å². The van der Waals surface area contributed by atoms with Crippen LogP contribution >= 0.6 is 7.92 Å². The smallest absolute Gasteiger partial charge is 0.170 e. The first-order valence-electron chi connectivity index (χ1n) is 5.52. The molecule has 0 amide bonds. The van der Waals surface area contributed by atoms with Gasteiger partial charge in [0.1, 0.15) is 0 Å². The number of hydrogen-bond acceptors (Lipinski definition) is 3. The fraction of sp³-hybridized carbons (Fsp3) is 1.00. The Hall–Kier alpha value is 0.310. The molecule has 2 fully saturated rings. The van der Waals surface area contributed by atoms with Crippen LogP contribution in [0.4, 0.5) is 0 Å². The fourth-order valence-electron chi connectivity index (χ4n) is 3.05. The number of hydrogen-bond donors (Lipinski definition) is 1. The van der Waals surface area contributed by atoms with Gasteiger partial charge in [0.2, 0.25) is 0 Å². The predicted octanol–water partition coefficient (Wildman–Crippen LogP) is 2.47. The molecule has 0 saturated carbocycles. The first kappa shape index (κ1) is 11.8. The summed E-state index contributed by atoms with van der Waals surface area (Å²) in [6.45, 7) is 10.3. The molecular formula is C11H21O3P. The third-order valence-electron chi connectivity index (χ3n) is 3.60. The summed E-state index contributed by atoms with van der Waals surface area (Å²) in [4.78, 5) is 0. The molecule has 2 heterocycles. The van der Waals surface area contributed by atoms with Crippen LogP contribution < -0.4 is 0 Å². The molecule has 4 heteroatoms. The van der Waals surface area contributed by atoms with Crippen LogP contribution in [0.25, 0.3) is 0 Å². The van der Waals surface area contributed by atoms with Crippen molar-refractivity contribution in [1.82, 2.24) is 0 Å². The standard InChI is InChI=1S/C11H21O3P/c1-8-6-10(3)13-9(2,12)7-11(4,14-10)15(8)5/h8,12H,6-7H2,1-5H3. The Labute approximate surface area is 92.9 Å². The van der Waals surface area contributed by atoms with E-state index in [2.05, 4.69) is 20.5 Å². The molecular weight excluding hydrogens is 211 g/mol. The third kappa shape index (κ3) is 1.95. The minimum absolute atomic E-state index is 0.205. The van der Waals surface area contributed by atoms with E-state index in [0.29, 0.717) is 12.1 Å². The topological polar surface area (TPSA) is 38.7 Å². The molecule has 15 heavy (non-hydrogen) atoms. The zero-order valence-corrected chi connectivity index (χ0v) is 11.1. The van der Waals surface area contributed by atoms with Crippen molar-refractivity contribution in [2.45, 2.75) is 63.1 Å². The van der Waals surface area contributed by atoms with Crippen LogP contribution in [0.15, 0.2) is 0 Å². The van der Waals surface area contributed by atoms with Crippen LogP contribution in [0.3, 0.4) is 0 Å². The maximum Gasteiger partial charge on any atom is 0.170 e. The molecule has 0 aromatic rings. The van der Waals surface area contributed by atoms with Gasteiger partial charge in [-0.25, -0.2) is 0 Å². The lowest BCUT2D eigenvalue weighted by atomic mass is 10.0. The lowest BCUT2D eigenvalue weighted by molar-refractivity contribution is -0.402. The highest BCUT2D eigenvalue weighted by Crippen LogP contribution is 2.64. The highest BCUT2D eigenvalue weighted by Gasteiger charge is 2.57. The van der Waals surface area contributed by atoms with E-state index in [-0.39, 0.29) is 13.3 Å². The summed E-state index contributed by atoms with van der Waals surface area (Å²) in [5, 5.41) is 9.92. The van der Waals surface area contributed by atoms with E-state index in [1.165, 1.54) is 0 Å². The van der Waals surface area contributed by atoms with E-state index in [4.69, 9.17) is 9.47 Å². The molecule has 2 rings (SSSR count). The normalized spacial score (nSPS) is 60.4. The van der Waals surface area contributed by atoms with Crippen LogP contribution in [0.5, 0.6) is 0 Å². The van der Waals surface area contributed by atoms with Gasteiger partial charge in [-0.3, -0.25) is 0 Å². The zero-order chi connectivity index (χ0) is 11.5. The van der Waals surface area contributed by atoms with E-state index < -0.39 is 11.6 Å². The highest BCUT2D eigenvalue weighted by molar-refractivity contribution is 7.59. The monoisotopic (exact) mass is 232 g/mol. The first-order valence-corrected chi connectivity index (χ1v) is 7.37. The molecule has 1 N–H and O–H groups in total. The van der Waals surface area contributed by atoms with Gasteiger partial charge in [-0.05, 0) is 33.1 Å². The van der Waals surface area contributed by atoms with Crippen LogP contribution in [-0.4, -0.2) is 34.3 Å². The minimum Gasteiger partial charge on any atom is -0.365 e. The van der Waals surface area contributed by atoms with Gasteiger partial charge in [0.15, 0.2) is 11.6 Å². The van der Waals surface area contributed by atoms with Gasteiger partial charge in [0.25, 0.3) is 0 Å². The molecule has 0 aromatic heterocycles. The number of fused-ring (bicyclic) bond motifs is 2. The van der Waals surface area contributed by atoms with Crippen molar-refractivity contribution < 1.29 is 14.6 Å². The van der Waals surface area contributed by atoms with Crippen molar-refractivity contribution in [2.75, 3.05) is 6.66 Å². The van der Waals surface area contributed by atoms with Gasteiger partial charge >= 0.3 is 0 Å². The second kappa shape index (κ2) is 3.16. The van der Waals surface area contributed by atoms with Gasteiger partial charge in [-0.15, -0.1) is 0 Å². The molecule has 2 aliphatic rings. The van der Waals surface area contributed by atoms with Crippen molar-refractivity contribution in [3.8, 4) is 0 Å². The zero-order valence-electron chi connectivity index (χ0n) is 10.2. The molecule has 5 atom stereocenters. The minimum atomic E-state index is -1.04. The number of aliphatic hydroxyl groups is 1. The Morgan fingerprint density at radius 3 is 2.47 bits per heavy atom. The molecule has 2 aliphatic heterocycles. The van der Waals surface area contributed by atoms with Gasteiger partial charge in [0, 0.05) is 12.8 Å². The van der Waals surface area contributed by atoms with Crippen molar-refractivity contribution in [3.05, 3.63) is 0 Å². The molecule has 0 spiro atoms. The summed E-state index contributed by atoms with van der Waals surface area (Å²) in [7, 11) is -0.226. The van der Waals surface area contributed by atoms with Crippen molar-refractivity contribution >= 4 is 7.92 Å². The summed E-state index contributed by atoms with van der Waals surface area (Å²) in [5.41, 5.74) is 0.625. The van der Waals surface area contributed by atoms with Crippen LogP contribution in [-0.2, 0) is 9.47 Å². The Morgan fingerprint density at radius 1 is 1.27 bits per heavy atom. The maximum absolute atomic E-state index is 10.1. The van der Waals surface area contributed by atoms with Crippen LogP contribution in [0, 0.1) is 0 Å². The average molecular weight is 232 g/mol. The van der Waals surface area contributed by atoms with Crippen LogP contribution in [0.1, 0.15) is 40.5 Å². The predicted molar refractivity (Wildman–Crippen MR) is 61.1 cm³/mol. The Balaban J connectivity index is 2.34. The van der Waals surface area contributed by atoms with E-state index in [1.807, 2.05) is 6.92 Å². The Morgan fingerprint density at radius 2 is 1.87 bits per heavy atom. The average Bonchev–Trinajstić information content (AvgIpc) is 1.94. The van der Waals surface area contributed by atoms with Gasteiger partial charge in [-0.2, -0.15) is 0 Å². The Kier molecular flexibility index (Phi) is 2.49. The lowest BCUT2D eigenvalue weighted by Gasteiger charge is -2.58. The largest absolute Gasteiger partial charge is 0.365 e. The molecule has 2 bridgehead atoms. The van der Waals surface area contributed by atoms with Gasteiger partial charge in [-0.1, -0.05) is 14.8 Å². The lowest BCUT2D eigenvalue weighted by Crippen LogP contribution is -2.60. The molecule has 88 valence electrons. The molecule has 3 nitrogen and oxygen atoms in total. The van der Waals surface area contributed by atoms with Gasteiger partial charge in [0.05, 0.1) is 5.34 Å². The van der Waals surface area contributed by atoms with Gasteiger partial charge < -0.3 is 14.6 Å². The fourth-order valence-corrected chi connectivity index (χ4v) is 5.47. The summed E-state index contributed by atoms with van der Waals surface area (Å²) < 4.78 is 11.7. The summed E-state index contributed by atoms with van der Waals surface area (Å²) >= 11 is 0. The molecule has 5 unspecified atom stereocenters. The third-order valence-corrected chi connectivity index (χ3v) is 6.85. The number of ether oxygens (including phenoxy) is 2. The van der Waals surface area contributed by atoms with Crippen LogP contribution in [0.2, 0.25) is 0 Å². The highest BCUT2D eigenvalue weighted by atomic mass is 31.1. The molecule has 0 radical (unpaired) electrons. The van der Waals surface area contributed by atoms with Crippen molar-refractivity contribution in [3.63, 3.8) is 0 Å². The molecule has 0 aromatic carbocycles. The van der Waals surface area contributed by atoms with E-state index in [0.717, 1.165) is 6.42 Å². The second-order valence-corrected chi connectivity index (χ2v) is 8.58. The second-order valence-electron chi connectivity index (χ2n) is 5.53. The summed E-state index contributed by atoms with van der Waals surface area (Å²) in [6.07, 6.45) is 1.45. The van der Waals surface area contributed by atoms with Crippen molar-refractivity contribution in [1.29, 1.82) is 0 Å². The summed E-state index contributed by atoms with van der Waals surface area (Å²) in [5.74, 6) is -1.65. The maximum atomic E-state index is 10.1. The number of rotatable bonds is 0. The van der Waals surface area contributed by atoms with E-state index in [9.17, 15) is 5.11 Å². The Bertz CT molecular complexity index is 277. The van der Waals surface area contributed by atoms with Crippen molar-refractivity contribution in [2.24, 2.45) is 0 Å². The molecule has 2 saturated heterocycles.